The second-order valence-electron chi connectivity index (χ2n) is 4.80. The second-order valence-corrected chi connectivity index (χ2v) is 8.51. The average molecular weight is 384 g/mol. The van der Waals surface area contributed by atoms with Crippen molar-refractivity contribution in [1.29, 1.82) is 0 Å². The Kier molecular flexibility index (Phi) is 4.56. The molecule has 0 bridgehead atoms. The molecule has 0 atom stereocenters. The van der Waals surface area contributed by atoms with Crippen LogP contribution in [0, 0.1) is 0 Å². The number of nitrogens with one attached hydrogen (secondary N) is 1. The highest BCUT2D eigenvalue weighted by Gasteiger charge is 2.30. The maximum Gasteiger partial charge on any atom is 0.263 e. The van der Waals surface area contributed by atoms with Gasteiger partial charge in [0, 0.05) is 12.8 Å². The van der Waals surface area contributed by atoms with Gasteiger partial charge in [0.15, 0.2) is 4.34 Å². The summed E-state index contributed by atoms with van der Waals surface area (Å²) in [6.07, 6.45) is 2.17. The van der Waals surface area contributed by atoms with E-state index in [1.165, 1.54) is 36.0 Å². The Balaban J connectivity index is 1.81. The van der Waals surface area contributed by atoms with E-state index in [9.17, 15) is 18.0 Å². The summed E-state index contributed by atoms with van der Waals surface area (Å²) in [7, 11) is -3.82. The van der Waals surface area contributed by atoms with Gasteiger partial charge in [-0.2, -0.15) is 0 Å². The normalized spacial score (nSPS) is 15.1. The zero-order valence-corrected chi connectivity index (χ0v) is 14.9. The fourth-order valence-corrected chi connectivity index (χ4v) is 4.55. The highest BCUT2D eigenvalue weighted by atomic mass is 32.2. The van der Waals surface area contributed by atoms with Crippen molar-refractivity contribution in [2.75, 3.05) is 15.9 Å². The van der Waals surface area contributed by atoms with Gasteiger partial charge in [0.05, 0.1) is 10.6 Å². The molecule has 8 nitrogen and oxygen atoms in total. The summed E-state index contributed by atoms with van der Waals surface area (Å²) in [5.74, 6) is -0.570. The first-order valence-electron chi connectivity index (χ1n) is 6.77. The molecule has 1 N–H and O–H groups in total. The lowest BCUT2D eigenvalue weighted by Gasteiger charge is -2.14. The number of thioether (sulfide) groups is 1. The maximum absolute atomic E-state index is 12.3. The Bertz CT molecular complexity index is 876. The van der Waals surface area contributed by atoms with E-state index in [0.717, 1.165) is 16.2 Å². The summed E-state index contributed by atoms with van der Waals surface area (Å²) in [5.41, 5.74) is 0.363. The van der Waals surface area contributed by atoms with Crippen LogP contribution in [0.1, 0.15) is 12.8 Å². The van der Waals surface area contributed by atoms with E-state index in [1.807, 2.05) is 6.26 Å². The van der Waals surface area contributed by atoms with Gasteiger partial charge in [0.25, 0.3) is 10.0 Å². The minimum Gasteiger partial charge on any atom is -0.274 e. The lowest BCUT2D eigenvalue weighted by molar-refractivity contribution is -0.121. The third kappa shape index (κ3) is 3.28. The van der Waals surface area contributed by atoms with Gasteiger partial charge in [0.2, 0.25) is 16.9 Å². The van der Waals surface area contributed by atoms with E-state index in [-0.39, 0.29) is 34.7 Å². The number of aromatic nitrogens is 2. The second kappa shape index (κ2) is 6.49. The number of benzene rings is 1. The molecule has 11 heteroatoms. The van der Waals surface area contributed by atoms with Gasteiger partial charge in [-0.25, -0.2) is 8.42 Å². The maximum atomic E-state index is 12.3. The quantitative estimate of drug-likeness (QED) is 0.617. The van der Waals surface area contributed by atoms with Crippen LogP contribution in [0.4, 0.5) is 10.8 Å². The molecule has 1 aromatic carbocycles. The number of hydrogen-bond donors (Lipinski definition) is 1. The molecule has 1 fully saturated rings. The van der Waals surface area contributed by atoms with Crippen molar-refractivity contribution in [3.05, 3.63) is 24.3 Å². The van der Waals surface area contributed by atoms with Crippen molar-refractivity contribution in [3.8, 4) is 0 Å². The predicted octanol–water partition coefficient (Wildman–Crippen LogP) is 1.71. The van der Waals surface area contributed by atoms with E-state index in [4.69, 9.17) is 0 Å². The molecule has 0 saturated carbocycles. The number of imide groups is 1. The van der Waals surface area contributed by atoms with Gasteiger partial charge in [-0.15, -0.1) is 10.2 Å². The van der Waals surface area contributed by atoms with Gasteiger partial charge >= 0.3 is 0 Å². The van der Waals surface area contributed by atoms with Gasteiger partial charge in [-0.3, -0.25) is 19.2 Å². The number of sulfonamides is 1. The standard InChI is InChI=1S/C13H12N4O4S3/c1-22-13-15-14-12(23-13)16-24(20,21)9-4-2-8(3-5-9)17-10(18)6-7-11(17)19/h2-5H,6-7H2,1H3,(H,14,16). The summed E-state index contributed by atoms with van der Waals surface area (Å²) < 4.78 is 27.7. The van der Waals surface area contributed by atoms with Gasteiger partial charge < -0.3 is 0 Å². The first kappa shape index (κ1) is 16.9. The average Bonchev–Trinajstić information content (AvgIpc) is 3.13. The largest absolute Gasteiger partial charge is 0.274 e. The van der Waals surface area contributed by atoms with E-state index in [2.05, 4.69) is 14.9 Å². The van der Waals surface area contributed by atoms with Crippen molar-refractivity contribution in [1.82, 2.24) is 10.2 Å². The SMILES string of the molecule is CSc1nnc(NS(=O)(=O)c2ccc(N3C(=O)CCC3=O)cc2)s1. The first-order valence-corrected chi connectivity index (χ1v) is 10.3. The lowest BCUT2D eigenvalue weighted by Crippen LogP contribution is -2.28. The monoisotopic (exact) mass is 384 g/mol. The third-order valence-electron chi connectivity index (χ3n) is 3.26. The number of carbonyl (C=O) groups excluding carboxylic acids is 2. The molecule has 2 amide bonds. The summed E-state index contributed by atoms with van der Waals surface area (Å²) in [4.78, 5) is 24.5. The molecular formula is C13H12N4O4S3. The van der Waals surface area contributed by atoms with Crippen LogP contribution >= 0.6 is 23.1 Å². The highest BCUT2D eigenvalue weighted by Crippen LogP contribution is 2.27. The number of nitrogens with zero attached hydrogens (tertiary/aromatic N) is 3. The van der Waals surface area contributed by atoms with Crippen LogP contribution in [0.25, 0.3) is 0 Å². The fourth-order valence-electron chi connectivity index (χ4n) is 2.15. The van der Waals surface area contributed by atoms with Crippen molar-refractivity contribution in [2.45, 2.75) is 22.1 Å². The Hall–Kier alpha value is -1.98. The molecule has 3 rings (SSSR count). The van der Waals surface area contributed by atoms with Gasteiger partial charge in [-0.1, -0.05) is 23.1 Å². The van der Waals surface area contributed by atoms with E-state index < -0.39 is 10.0 Å². The smallest absolute Gasteiger partial charge is 0.263 e. The van der Waals surface area contributed by atoms with Gasteiger partial charge in [0.1, 0.15) is 0 Å². The van der Waals surface area contributed by atoms with Gasteiger partial charge in [-0.05, 0) is 30.5 Å². The summed E-state index contributed by atoms with van der Waals surface area (Å²) in [6, 6.07) is 5.55. The Morgan fingerprint density at radius 3 is 2.29 bits per heavy atom. The van der Waals surface area contributed by atoms with Crippen LogP contribution in [0.15, 0.2) is 33.5 Å². The predicted molar refractivity (Wildman–Crippen MR) is 90.7 cm³/mol. The zero-order chi connectivity index (χ0) is 17.3. The van der Waals surface area contributed by atoms with E-state index in [0.29, 0.717) is 10.0 Å². The molecule has 2 aromatic rings. The third-order valence-corrected chi connectivity index (χ3v) is 6.56. The molecule has 1 aromatic heterocycles. The minimum absolute atomic E-state index is 0.00578. The van der Waals surface area contributed by atoms with Crippen LogP contribution in [0.3, 0.4) is 0 Å². The molecule has 0 radical (unpaired) electrons. The van der Waals surface area contributed by atoms with Crippen molar-refractivity contribution in [3.63, 3.8) is 0 Å². The van der Waals surface area contributed by atoms with Crippen LogP contribution in [-0.4, -0.2) is 36.7 Å². The highest BCUT2D eigenvalue weighted by molar-refractivity contribution is 8.00. The van der Waals surface area contributed by atoms with E-state index in [1.54, 1.807) is 0 Å². The van der Waals surface area contributed by atoms with E-state index >= 15 is 0 Å². The number of hydrogen-bond acceptors (Lipinski definition) is 8. The van der Waals surface area contributed by atoms with Crippen molar-refractivity contribution < 1.29 is 18.0 Å². The number of rotatable bonds is 5. The molecule has 0 aliphatic carbocycles. The molecule has 1 aliphatic rings. The number of anilines is 2. The molecule has 0 spiro atoms. The van der Waals surface area contributed by atoms with Crippen molar-refractivity contribution >= 4 is 55.8 Å². The first-order chi connectivity index (χ1) is 11.4. The summed E-state index contributed by atoms with van der Waals surface area (Å²) in [6.45, 7) is 0. The Labute approximate surface area is 146 Å². The fraction of sp³-hybridized carbons (Fsp3) is 0.231. The van der Waals surface area contributed by atoms with Crippen molar-refractivity contribution in [2.24, 2.45) is 0 Å². The molecular weight excluding hydrogens is 372 g/mol. The summed E-state index contributed by atoms with van der Waals surface area (Å²) in [5, 5.41) is 7.75. The van der Waals surface area contributed by atoms with Crippen LogP contribution in [0.2, 0.25) is 0 Å². The minimum atomic E-state index is -3.82. The topological polar surface area (TPSA) is 109 Å². The molecule has 1 saturated heterocycles. The lowest BCUT2D eigenvalue weighted by atomic mass is 10.3. The molecule has 0 unspecified atom stereocenters. The van der Waals surface area contributed by atoms with Crippen LogP contribution < -0.4 is 9.62 Å². The molecule has 2 heterocycles. The summed E-state index contributed by atoms with van der Waals surface area (Å²) >= 11 is 2.50. The number of amides is 2. The number of carbonyl (C=O) groups is 2. The van der Waals surface area contributed by atoms with Crippen LogP contribution in [0.5, 0.6) is 0 Å². The molecule has 126 valence electrons. The molecule has 24 heavy (non-hydrogen) atoms. The van der Waals surface area contributed by atoms with Crippen LogP contribution in [-0.2, 0) is 19.6 Å². The Morgan fingerprint density at radius 1 is 1.12 bits per heavy atom. The Morgan fingerprint density at radius 2 is 1.75 bits per heavy atom. The zero-order valence-electron chi connectivity index (χ0n) is 12.4. The molecule has 1 aliphatic heterocycles.